The molecule has 1 heterocycles. The largest absolute Gasteiger partial charge is 0.497 e. The van der Waals surface area contributed by atoms with Gasteiger partial charge in [0.2, 0.25) is 0 Å². The number of benzene rings is 2. The summed E-state index contributed by atoms with van der Waals surface area (Å²) in [5, 5.41) is 7.51. The highest BCUT2D eigenvalue weighted by Gasteiger charge is 2.22. The summed E-state index contributed by atoms with van der Waals surface area (Å²) in [6.45, 7) is 1.89. The zero-order valence-electron chi connectivity index (χ0n) is 17.0. The molecule has 0 saturated heterocycles. The SMILES string of the molecule is COc1ccc(CCNC(=O)[C@H](C)OC(=O)c2nn(C)c(=O)c3ccccc23)cc1. The fraction of sp³-hybridized carbons (Fsp3) is 0.273. The molecule has 0 aliphatic heterocycles. The van der Waals surface area contributed by atoms with Crippen molar-refractivity contribution in [3.63, 3.8) is 0 Å². The van der Waals surface area contributed by atoms with Crippen LogP contribution in [0.15, 0.2) is 53.3 Å². The Kier molecular flexibility index (Phi) is 6.46. The average Bonchev–Trinajstić information content (AvgIpc) is 2.76. The van der Waals surface area contributed by atoms with Gasteiger partial charge in [0.25, 0.3) is 11.5 Å². The second-order valence-electron chi connectivity index (χ2n) is 6.76. The topological polar surface area (TPSA) is 99.5 Å². The summed E-state index contributed by atoms with van der Waals surface area (Å²) in [5.41, 5.74) is 0.721. The zero-order valence-corrected chi connectivity index (χ0v) is 17.0. The van der Waals surface area contributed by atoms with Gasteiger partial charge in [-0.25, -0.2) is 9.48 Å². The molecule has 3 rings (SSSR count). The number of nitrogens with zero attached hydrogens (tertiary/aromatic N) is 2. The first-order valence-corrected chi connectivity index (χ1v) is 9.48. The molecular weight excluding hydrogens is 386 g/mol. The number of carbonyl (C=O) groups excluding carboxylic acids is 2. The van der Waals surface area contributed by atoms with Gasteiger partial charge in [-0.15, -0.1) is 0 Å². The first-order chi connectivity index (χ1) is 14.4. The van der Waals surface area contributed by atoms with Gasteiger partial charge < -0.3 is 14.8 Å². The number of esters is 1. The third-order valence-corrected chi connectivity index (χ3v) is 4.67. The summed E-state index contributed by atoms with van der Waals surface area (Å²) in [6.07, 6.45) is -0.380. The predicted octanol–water partition coefficient (Wildman–Crippen LogP) is 1.85. The molecule has 0 fully saturated rings. The van der Waals surface area contributed by atoms with E-state index in [0.717, 1.165) is 16.0 Å². The lowest BCUT2D eigenvalue weighted by Crippen LogP contribution is -2.37. The first kappa shape index (κ1) is 21.0. The molecule has 1 N–H and O–H groups in total. The number of carbonyl (C=O) groups is 2. The van der Waals surface area contributed by atoms with Gasteiger partial charge in [0, 0.05) is 19.0 Å². The van der Waals surface area contributed by atoms with E-state index in [4.69, 9.17) is 9.47 Å². The Bertz CT molecular complexity index is 1120. The highest BCUT2D eigenvalue weighted by atomic mass is 16.5. The molecule has 1 atom stereocenters. The van der Waals surface area contributed by atoms with Crippen LogP contribution in [0.3, 0.4) is 0 Å². The lowest BCUT2D eigenvalue weighted by molar-refractivity contribution is -0.129. The Hall–Kier alpha value is -3.68. The zero-order chi connectivity index (χ0) is 21.7. The molecule has 30 heavy (non-hydrogen) atoms. The molecule has 0 bridgehead atoms. The summed E-state index contributed by atoms with van der Waals surface area (Å²) in [7, 11) is 3.06. The van der Waals surface area contributed by atoms with Gasteiger partial charge >= 0.3 is 5.97 Å². The number of ether oxygens (including phenoxy) is 2. The lowest BCUT2D eigenvalue weighted by atomic mass is 10.1. The number of aromatic nitrogens is 2. The number of rotatable bonds is 7. The van der Waals surface area contributed by atoms with Crippen molar-refractivity contribution in [2.75, 3.05) is 13.7 Å². The number of amides is 1. The number of nitrogens with one attached hydrogen (secondary N) is 1. The Balaban J connectivity index is 1.61. The van der Waals surface area contributed by atoms with Gasteiger partial charge in [-0.2, -0.15) is 5.10 Å². The van der Waals surface area contributed by atoms with E-state index < -0.39 is 18.0 Å². The third-order valence-electron chi connectivity index (χ3n) is 4.67. The fourth-order valence-electron chi connectivity index (χ4n) is 2.99. The standard InChI is InChI=1S/C22H23N3O5/c1-14(20(26)23-13-12-15-8-10-16(29-3)11-9-15)30-22(28)19-17-6-4-5-7-18(17)21(27)25(2)24-19/h4-11,14H,12-13H2,1-3H3,(H,23,26)/t14-/m0/s1. The summed E-state index contributed by atoms with van der Waals surface area (Å²) in [4.78, 5) is 37.1. The Morgan fingerprint density at radius 1 is 1.10 bits per heavy atom. The highest BCUT2D eigenvalue weighted by Crippen LogP contribution is 2.15. The van der Waals surface area contributed by atoms with Gasteiger partial charge in [0.05, 0.1) is 12.5 Å². The lowest BCUT2D eigenvalue weighted by Gasteiger charge is -2.14. The summed E-state index contributed by atoms with van der Waals surface area (Å²) >= 11 is 0. The number of fused-ring (bicyclic) bond motifs is 1. The minimum absolute atomic E-state index is 0.00872. The Morgan fingerprint density at radius 2 is 1.77 bits per heavy atom. The quantitative estimate of drug-likeness (QED) is 0.598. The monoisotopic (exact) mass is 409 g/mol. The number of methoxy groups -OCH3 is 1. The predicted molar refractivity (Wildman–Crippen MR) is 112 cm³/mol. The van der Waals surface area contributed by atoms with Gasteiger partial charge in [0.15, 0.2) is 11.8 Å². The van der Waals surface area contributed by atoms with Crippen molar-refractivity contribution >= 4 is 22.6 Å². The van der Waals surface area contributed by atoms with E-state index in [1.807, 2.05) is 24.3 Å². The molecule has 8 heteroatoms. The van der Waals surface area contributed by atoms with Crippen molar-refractivity contribution in [2.45, 2.75) is 19.4 Å². The molecule has 1 aromatic heterocycles. The minimum atomic E-state index is -1.01. The van der Waals surface area contributed by atoms with E-state index in [1.54, 1.807) is 31.4 Å². The fourth-order valence-corrected chi connectivity index (χ4v) is 2.99. The maximum atomic E-state index is 12.6. The van der Waals surface area contributed by atoms with E-state index in [1.165, 1.54) is 14.0 Å². The molecular formula is C22H23N3O5. The van der Waals surface area contributed by atoms with Crippen LogP contribution in [-0.4, -0.2) is 41.4 Å². The highest BCUT2D eigenvalue weighted by molar-refractivity contribution is 6.02. The third kappa shape index (κ3) is 4.65. The molecule has 0 saturated carbocycles. The smallest absolute Gasteiger partial charge is 0.360 e. The van der Waals surface area contributed by atoms with E-state index in [-0.39, 0.29) is 11.3 Å². The van der Waals surface area contributed by atoms with E-state index >= 15 is 0 Å². The molecule has 0 aliphatic rings. The Labute approximate surface area is 173 Å². The van der Waals surface area contributed by atoms with E-state index in [0.29, 0.717) is 23.7 Å². The molecule has 0 aliphatic carbocycles. The van der Waals surface area contributed by atoms with Gasteiger partial charge in [0.1, 0.15) is 5.75 Å². The van der Waals surface area contributed by atoms with Crippen molar-refractivity contribution in [1.82, 2.24) is 15.1 Å². The maximum absolute atomic E-state index is 12.6. The van der Waals surface area contributed by atoms with E-state index in [2.05, 4.69) is 10.4 Å². The molecule has 8 nitrogen and oxygen atoms in total. The number of aryl methyl sites for hydroxylation is 1. The van der Waals surface area contributed by atoms with Gasteiger partial charge in [-0.05, 0) is 37.1 Å². The molecule has 156 valence electrons. The van der Waals surface area contributed by atoms with Crippen molar-refractivity contribution in [2.24, 2.45) is 7.05 Å². The summed E-state index contributed by atoms with van der Waals surface area (Å²) in [6, 6.07) is 14.2. The normalized spacial score (nSPS) is 11.7. The van der Waals surface area contributed by atoms with Crippen LogP contribution >= 0.6 is 0 Å². The average molecular weight is 409 g/mol. The second kappa shape index (κ2) is 9.21. The van der Waals surface area contributed by atoms with Crippen LogP contribution in [0.4, 0.5) is 0 Å². The molecule has 0 spiro atoms. The van der Waals surface area contributed by atoms with Crippen LogP contribution < -0.4 is 15.6 Å². The summed E-state index contributed by atoms with van der Waals surface area (Å²) in [5.74, 6) is -0.409. The number of hydrogen-bond donors (Lipinski definition) is 1. The van der Waals surface area contributed by atoms with E-state index in [9.17, 15) is 14.4 Å². The molecule has 3 aromatic rings. The van der Waals surface area contributed by atoms with Crippen LogP contribution in [-0.2, 0) is 23.0 Å². The maximum Gasteiger partial charge on any atom is 0.360 e. The minimum Gasteiger partial charge on any atom is -0.497 e. The Morgan fingerprint density at radius 3 is 2.43 bits per heavy atom. The van der Waals surface area contributed by atoms with Crippen LogP contribution in [0.25, 0.3) is 10.8 Å². The van der Waals surface area contributed by atoms with Crippen molar-refractivity contribution in [3.05, 3.63) is 70.1 Å². The van der Waals surface area contributed by atoms with Crippen LogP contribution in [0.2, 0.25) is 0 Å². The molecule has 0 unspecified atom stereocenters. The van der Waals surface area contributed by atoms with Crippen LogP contribution in [0, 0.1) is 0 Å². The van der Waals surface area contributed by atoms with Crippen molar-refractivity contribution in [1.29, 1.82) is 0 Å². The van der Waals surface area contributed by atoms with Crippen molar-refractivity contribution in [3.8, 4) is 5.75 Å². The van der Waals surface area contributed by atoms with Gasteiger partial charge in [-0.1, -0.05) is 30.3 Å². The van der Waals surface area contributed by atoms with Gasteiger partial charge in [-0.3, -0.25) is 9.59 Å². The van der Waals surface area contributed by atoms with Crippen molar-refractivity contribution < 1.29 is 19.1 Å². The molecule has 2 aromatic carbocycles. The first-order valence-electron chi connectivity index (χ1n) is 9.48. The van der Waals surface area contributed by atoms with Crippen LogP contribution in [0.5, 0.6) is 5.75 Å². The second-order valence-corrected chi connectivity index (χ2v) is 6.76. The van der Waals surface area contributed by atoms with Crippen LogP contribution in [0.1, 0.15) is 23.0 Å². The number of hydrogen-bond acceptors (Lipinski definition) is 6. The molecule has 0 radical (unpaired) electrons. The molecule has 1 amide bonds. The summed E-state index contributed by atoms with van der Waals surface area (Å²) < 4.78 is 11.5.